The molecule has 0 aliphatic carbocycles. The van der Waals surface area contributed by atoms with Gasteiger partial charge in [0.25, 0.3) is 0 Å². The molecule has 0 saturated heterocycles. The summed E-state index contributed by atoms with van der Waals surface area (Å²) < 4.78 is 25.3. The van der Waals surface area contributed by atoms with Crippen LogP contribution in [-0.2, 0) is 0 Å². The van der Waals surface area contributed by atoms with Gasteiger partial charge in [0.05, 0.1) is 6.61 Å². The maximum Gasteiger partial charge on any atom is 0.164 e. The lowest BCUT2D eigenvalue weighted by atomic mass is 9.92. The second kappa shape index (κ2) is 2.21. The Labute approximate surface area is 53.7 Å². The lowest BCUT2D eigenvalue weighted by Crippen LogP contribution is -2.43. The van der Waals surface area contributed by atoms with E-state index in [0.717, 1.165) is 20.8 Å². The smallest absolute Gasteiger partial charge is 0.164 e. The maximum atomic E-state index is 12.7. The van der Waals surface area contributed by atoms with Gasteiger partial charge in [0.15, 0.2) is 5.67 Å². The zero-order valence-electron chi connectivity index (χ0n) is 5.91. The van der Waals surface area contributed by atoms with Crippen LogP contribution in [0.4, 0.5) is 8.78 Å². The summed E-state index contributed by atoms with van der Waals surface area (Å²) in [5.41, 5.74) is -4.10. The second-order valence-corrected chi connectivity index (χ2v) is 2.83. The number of aliphatic hydroxyl groups is 1. The van der Waals surface area contributed by atoms with Crippen LogP contribution in [0.25, 0.3) is 0 Å². The highest BCUT2D eigenvalue weighted by molar-refractivity contribution is 4.89. The van der Waals surface area contributed by atoms with Gasteiger partial charge in [-0.2, -0.15) is 0 Å². The molecule has 0 radical (unpaired) electrons. The number of hydrogen-bond acceptors (Lipinski definition) is 1. The van der Waals surface area contributed by atoms with Gasteiger partial charge in [-0.05, 0) is 20.8 Å². The fourth-order valence-electron chi connectivity index (χ4n) is 0.188. The van der Waals surface area contributed by atoms with E-state index in [1.807, 2.05) is 0 Å². The van der Waals surface area contributed by atoms with Crippen LogP contribution in [0.1, 0.15) is 20.8 Å². The molecule has 0 rings (SSSR count). The minimum absolute atomic E-state index is 0.781. The van der Waals surface area contributed by atoms with E-state index >= 15 is 0 Å². The summed E-state index contributed by atoms with van der Waals surface area (Å²) in [6.45, 7) is 2.45. The molecule has 1 nitrogen and oxygen atoms in total. The van der Waals surface area contributed by atoms with E-state index in [1.54, 1.807) is 0 Å². The predicted molar refractivity (Wildman–Crippen MR) is 31.8 cm³/mol. The molecule has 1 atom stereocenters. The zero-order chi connectivity index (χ0) is 7.71. The van der Waals surface area contributed by atoms with Crippen molar-refractivity contribution in [2.45, 2.75) is 32.1 Å². The van der Waals surface area contributed by atoms with Crippen molar-refractivity contribution in [3.8, 4) is 0 Å². The van der Waals surface area contributed by atoms with E-state index in [4.69, 9.17) is 5.11 Å². The molecule has 9 heavy (non-hydrogen) atoms. The molecule has 1 N–H and O–H groups in total. The summed E-state index contributed by atoms with van der Waals surface area (Å²) in [7, 11) is 0. The fourth-order valence-corrected chi connectivity index (χ4v) is 0.188. The molecule has 0 aromatic rings. The number of aliphatic hydroxyl groups excluding tert-OH is 1. The van der Waals surface area contributed by atoms with Gasteiger partial charge in [0.1, 0.15) is 5.67 Å². The normalized spacial score (nSPS) is 19.3. The molecule has 0 aromatic heterocycles. The van der Waals surface area contributed by atoms with Gasteiger partial charge in [-0.15, -0.1) is 0 Å². The third-order valence-corrected chi connectivity index (χ3v) is 1.54. The van der Waals surface area contributed by atoms with Crippen molar-refractivity contribution >= 4 is 0 Å². The Kier molecular flexibility index (Phi) is 2.17. The summed E-state index contributed by atoms with van der Waals surface area (Å²) in [5, 5.41) is 8.31. The molecule has 0 aliphatic rings. The Morgan fingerprint density at radius 3 is 1.56 bits per heavy atom. The maximum absolute atomic E-state index is 12.7. The molecule has 0 fully saturated rings. The molecule has 0 heterocycles. The molecule has 0 aromatic carbocycles. The van der Waals surface area contributed by atoms with E-state index in [1.165, 1.54) is 0 Å². The van der Waals surface area contributed by atoms with Gasteiger partial charge in [-0.3, -0.25) is 0 Å². The Balaban J connectivity index is 4.14. The van der Waals surface area contributed by atoms with Crippen molar-refractivity contribution in [3.63, 3.8) is 0 Å². The summed E-state index contributed by atoms with van der Waals surface area (Å²) in [6.07, 6.45) is 0. The first kappa shape index (κ1) is 8.82. The highest BCUT2D eigenvalue weighted by Gasteiger charge is 2.41. The summed E-state index contributed by atoms with van der Waals surface area (Å²) in [6, 6.07) is 0. The van der Waals surface area contributed by atoms with E-state index in [0.29, 0.717) is 0 Å². The largest absolute Gasteiger partial charge is 0.393 e. The molecule has 0 bridgehead atoms. The van der Waals surface area contributed by atoms with Crippen LogP contribution in [0.3, 0.4) is 0 Å². The van der Waals surface area contributed by atoms with Crippen LogP contribution in [0.5, 0.6) is 0 Å². The van der Waals surface area contributed by atoms with Crippen molar-refractivity contribution in [2.75, 3.05) is 6.61 Å². The highest BCUT2D eigenvalue weighted by atomic mass is 19.2. The van der Waals surface area contributed by atoms with Crippen LogP contribution in [0.15, 0.2) is 0 Å². The van der Waals surface area contributed by atoms with Gasteiger partial charge in [0, 0.05) is 0 Å². The van der Waals surface area contributed by atoms with Crippen molar-refractivity contribution in [1.29, 1.82) is 0 Å². The van der Waals surface area contributed by atoms with Gasteiger partial charge >= 0.3 is 0 Å². The minimum atomic E-state index is -2.13. The van der Waals surface area contributed by atoms with Crippen molar-refractivity contribution < 1.29 is 13.9 Å². The molecule has 0 aliphatic heterocycles. The second-order valence-electron chi connectivity index (χ2n) is 2.83. The van der Waals surface area contributed by atoms with E-state index in [9.17, 15) is 8.78 Å². The van der Waals surface area contributed by atoms with Crippen molar-refractivity contribution in [3.05, 3.63) is 0 Å². The Morgan fingerprint density at radius 1 is 1.22 bits per heavy atom. The summed E-state index contributed by atoms with van der Waals surface area (Å²) in [4.78, 5) is 0. The summed E-state index contributed by atoms with van der Waals surface area (Å²) in [5.74, 6) is 0. The van der Waals surface area contributed by atoms with E-state index in [-0.39, 0.29) is 0 Å². The van der Waals surface area contributed by atoms with Crippen LogP contribution in [0.2, 0.25) is 0 Å². The average Bonchev–Trinajstić information content (AvgIpc) is 1.64. The van der Waals surface area contributed by atoms with Gasteiger partial charge in [-0.25, -0.2) is 8.78 Å². The van der Waals surface area contributed by atoms with Gasteiger partial charge < -0.3 is 5.11 Å². The molecular formula is C6H12F2O. The zero-order valence-corrected chi connectivity index (χ0v) is 5.91. The molecule has 0 spiro atoms. The lowest BCUT2D eigenvalue weighted by molar-refractivity contribution is -0.0396. The lowest BCUT2D eigenvalue weighted by Gasteiger charge is -2.28. The molecule has 56 valence electrons. The van der Waals surface area contributed by atoms with Crippen LogP contribution in [0, 0.1) is 0 Å². The number of halogens is 2. The first-order chi connectivity index (χ1) is 3.81. The average molecular weight is 138 g/mol. The molecule has 3 heteroatoms. The van der Waals surface area contributed by atoms with E-state index in [2.05, 4.69) is 0 Å². The molecule has 0 saturated carbocycles. The third kappa shape index (κ3) is 1.90. The first-order valence-corrected chi connectivity index (χ1v) is 2.80. The minimum Gasteiger partial charge on any atom is -0.393 e. The predicted octanol–water partition coefficient (Wildman–Crippen LogP) is 1.45. The van der Waals surface area contributed by atoms with Crippen molar-refractivity contribution in [1.82, 2.24) is 0 Å². The van der Waals surface area contributed by atoms with Crippen LogP contribution in [-0.4, -0.2) is 23.1 Å². The number of alkyl halides is 2. The van der Waals surface area contributed by atoms with Gasteiger partial charge in [0.2, 0.25) is 0 Å². The SMILES string of the molecule is CC(C)(F)C(C)(F)CO. The first-order valence-electron chi connectivity index (χ1n) is 2.80. The van der Waals surface area contributed by atoms with E-state index < -0.39 is 17.9 Å². The Hall–Kier alpha value is -0.180. The Morgan fingerprint density at radius 2 is 1.56 bits per heavy atom. The van der Waals surface area contributed by atoms with Crippen LogP contribution >= 0.6 is 0 Å². The molecule has 1 unspecified atom stereocenters. The highest BCUT2D eigenvalue weighted by Crippen LogP contribution is 2.28. The molecule has 0 amide bonds. The molecular weight excluding hydrogens is 126 g/mol. The Bertz CT molecular complexity index is 93.7. The fraction of sp³-hybridized carbons (Fsp3) is 1.00. The van der Waals surface area contributed by atoms with Crippen LogP contribution < -0.4 is 0 Å². The summed E-state index contributed by atoms with van der Waals surface area (Å²) >= 11 is 0. The standard InChI is InChI=1S/C6H12F2O/c1-5(2,7)6(3,8)4-9/h9H,4H2,1-3H3. The van der Waals surface area contributed by atoms with Gasteiger partial charge in [-0.1, -0.05) is 0 Å². The topological polar surface area (TPSA) is 20.2 Å². The quantitative estimate of drug-likeness (QED) is 0.612. The monoisotopic (exact) mass is 138 g/mol. The number of rotatable bonds is 2. The number of hydrogen-bond donors (Lipinski definition) is 1. The van der Waals surface area contributed by atoms with Crippen molar-refractivity contribution in [2.24, 2.45) is 0 Å². The third-order valence-electron chi connectivity index (χ3n) is 1.54.